The molecule has 0 aromatic heterocycles. The molecule has 34 heavy (non-hydrogen) atoms. The zero-order chi connectivity index (χ0) is 24.3. The van der Waals surface area contributed by atoms with Crippen molar-refractivity contribution in [2.75, 3.05) is 19.8 Å². The third kappa shape index (κ3) is 5.28. The number of hydrogen-bond donors (Lipinski definition) is 7. The number of nitrogens with one attached hydrogen (secondary N) is 5. The standard InChI is InChI=1S/C21H25F3N6O4/c22-21(23,24)14-4-2-1-3-13(14)15-5-6-17-26-8-18(30(17)29-15)28-20(33)16-7-25-9-19(27-16)34-11-12(32)10-31/h1-8,12,15,17,19,25-27,29,31-32H,9-11H2,(H,28,33)/t12-,15?,17?,19?/m0/s1. The van der Waals surface area contributed by atoms with E-state index in [0.29, 0.717) is 12.4 Å². The molecule has 3 aliphatic heterocycles. The van der Waals surface area contributed by atoms with Crippen LogP contribution in [0.2, 0.25) is 0 Å². The second-order valence-electron chi connectivity index (χ2n) is 7.81. The van der Waals surface area contributed by atoms with Crippen LogP contribution in [0.15, 0.2) is 60.3 Å². The molecule has 3 aliphatic rings. The van der Waals surface area contributed by atoms with Gasteiger partial charge in [0.15, 0.2) is 0 Å². The van der Waals surface area contributed by atoms with Crippen LogP contribution in [0.1, 0.15) is 17.2 Å². The molecule has 0 bridgehead atoms. The number of aliphatic hydroxyl groups is 2. The van der Waals surface area contributed by atoms with Crippen LogP contribution in [0.25, 0.3) is 0 Å². The van der Waals surface area contributed by atoms with Gasteiger partial charge in [-0.1, -0.05) is 24.3 Å². The number of rotatable bonds is 7. The summed E-state index contributed by atoms with van der Waals surface area (Å²) < 4.78 is 45.8. The summed E-state index contributed by atoms with van der Waals surface area (Å²) in [6.45, 7) is -0.232. The molecule has 0 saturated carbocycles. The lowest BCUT2D eigenvalue weighted by Crippen LogP contribution is -2.53. The van der Waals surface area contributed by atoms with Crippen LogP contribution >= 0.6 is 0 Å². The molecule has 3 heterocycles. The highest BCUT2D eigenvalue weighted by Gasteiger charge is 2.37. The SMILES string of the molecule is O=C(NC1=CNC2C=CC(c3ccccc3C(F)(F)F)NN12)C1=CNCC(OC[C@@H](O)CO)N1. The minimum Gasteiger partial charge on any atom is -0.394 e. The quantitative estimate of drug-likeness (QED) is 0.262. The molecule has 0 spiro atoms. The van der Waals surface area contributed by atoms with Gasteiger partial charge in [0.05, 0.1) is 31.4 Å². The Bertz CT molecular complexity index is 999. The number of alkyl halides is 3. The van der Waals surface area contributed by atoms with Crippen molar-refractivity contribution in [3.8, 4) is 0 Å². The Labute approximate surface area is 193 Å². The summed E-state index contributed by atoms with van der Waals surface area (Å²) in [6.07, 6.45) is -0.205. The van der Waals surface area contributed by atoms with Crippen molar-refractivity contribution in [1.29, 1.82) is 0 Å². The molecular formula is C21H25F3N6O4. The van der Waals surface area contributed by atoms with E-state index in [4.69, 9.17) is 9.84 Å². The number of halogens is 3. The van der Waals surface area contributed by atoms with Crippen LogP contribution in [0.5, 0.6) is 0 Å². The van der Waals surface area contributed by atoms with Crippen molar-refractivity contribution in [3.05, 3.63) is 71.5 Å². The van der Waals surface area contributed by atoms with Gasteiger partial charge in [0.25, 0.3) is 5.91 Å². The second-order valence-corrected chi connectivity index (χ2v) is 7.81. The molecule has 1 aromatic carbocycles. The highest BCUT2D eigenvalue weighted by molar-refractivity contribution is 5.94. The molecule has 184 valence electrons. The first-order chi connectivity index (χ1) is 16.3. The van der Waals surface area contributed by atoms with Crippen molar-refractivity contribution in [3.63, 3.8) is 0 Å². The van der Waals surface area contributed by atoms with E-state index in [1.165, 1.54) is 23.3 Å². The number of nitrogens with zero attached hydrogens (tertiary/aromatic N) is 1. The fourth-order valence-electron chi connectivity index (χ4n) is 3.68. The van der Waals surface area contributed by atoms with E-state index in [1.807, 2.05) is 0 Å². The number of amides is 1. The highest BCUT2D eigenvalue weighted by atomic mass is 19.4. The Hall–Kier alpha value is -3.26. The summed E-state index contributed by atoms with van der Waals surface area (Å²) in [4.78, 5) is 12.8. The second kappa shape index (κ2) is 9.93. The zero-order valence-corrected chi connectivity index (χ0v) is 17.8. The van der Waals surface area contributed by atoms with Gasteiger partial charge in [-0.2, -0.15) is 13.2 Å². The number of fused-ring (bicyclic) bond motifs is 1. The molecule has 10 nitrogen and oxygen atoms in total. The Kier molecular flexibility index (Phi) is 6.97. The average Bonchev–Trinajstić information content (AvgIpc) is 3.24. The van der Waals surface area contributed by atoms with E-state index in [2.05, 4.69) is 26.7 Å². The molecule has 0 fully saturated rings. The molecule has 4 atom stereocenters. The van der Waals surface area contributed by atoms with Gasteiger partial charge in [0.2, 0.25) is 0 Å². The summed E-state index contributed by atoms with van der Waals surface area (Å²) in [7, 11) is 0. The number of hydrogen-bond acceptors (Lipinski definition) is 9. The first-order valence-electron chi connectivity index (χ1n) is 10.5. The van der Waals surface area contributed by atoms with Crippen LogP contribution in [0, 0.1) is 0 Å². The molecule has 0 aliphatic carbocycles. The Morgan fingerprint density at radius 1 is 1.26 bits per heavy atom. The normalized spacial score (nSPS) is 24.7. The Balaban J connectivity index is 1.40. The van der Waals surface area contributed by atoms with Gasteiger partial charge < -0.3 is 36.2 Å². The topological polar surface area (TPSA) is 130 Å². The van der Waals surface area contributed by atoms with E-state index >= 15 is 0 Å². The highest BCUT2D eigenvalue weighted by Crippen LogP contribution is 2.36. The summed E-state index contributed by atoms with van der Waals surface area (Å²) >= 11 is 0. The first-order valence-corrected chi connectivity index (χ1v) is 10.5. The van der Waals surface area contributed by atoms with Gasteiger partial charge in [-0.3, -0.25) is 9.80 Å². The maximum absolute atomic E-state index is 13.5. The molecule has 1 aromatic rings. The van der Waals surface area contributed by atoms with E-state index in [9.17, 15) is 23.1 Å². The van der Waals surface area contributed by atoms with Crippen molar-refractivity contribution in [1.82, 2.24) is 31.7 Å². The van der Waals surface area contributed by atoms with Gasteiger partial charge >= 0.3 is 6.18 Å². The van der Waals surface area contributed by atoms with Crippen LogP contribution < -0.4 is 26.7 Å². The van der Waals surface area contributed by atoms with Crippen molar-refractivity contribution in [2.45, 2.75) is 30.7 Å². The summed E-state index contributed by atoms with van der Waals surface area (Å²) in [5.74, 6) is -0.198. The van der Waals surface area contributed by atoms with E-state index < -0.39 is 48.8 Å². The van der Waals surface area contributed by atoms with Crippen LogP contribution in [0.3, 0.4) is 0 Å². The molecule has 0 radical (unpaired) electrons. The maximum atomic E-state index is 13.5. The summed E-state index contributed by atoms with van der Waals surface area (Å²) in [5.41, 5.74) is 2.50. The number of hydrazine groups is 1. The molecule has 1 amide bonds. The molecule has 0 saturated heterocycles. The smallest absolute Gasteiger partial charge is 0.394 e. The summed E-state index contributed by atoms with van der Waals surface area (Å²) in [5, 5.41) is 31.4. The lowest BCUT2D eigenvalue weighted by atomic mass is 9.99. The van der Waals surface area contributed by atoms with Crippen molar-refractivity contribution in [2.24, 2.45) is 0 Å². The molecule has 3 unspecified atom stereocenters. The lowest BCUT2D eigenvalue weighted by molar-refractivity contribution is -0.138. The monoisotopic (exact) mass is 482 g/mol. The summed E-state index contributed by atoms with van der Waals surface area (Å²) in [6, 6.07) is 4.56. The van der Waals surface area contributed by atoms with Crippen LogP contribution in [-0.2, 0) is 15.7 Å². The number of ether oxygens (including phenoxy) is 1. The van der Waals surface area contributed by atoms with Crippen LogP contribution in [-0.4, -0.2) is 59.4 Å². The molecule has 4 rings (SSSR count). The lowest BCUT2D eigenvalue weighted by Gasteiger charge is -2.36. The van der Waals surface area contributed by atoms with Gasteiger partial charge in [0, 0.05) is 12.4 Å². The Morgan fingerprint density at radius 3 is 2.82 bits per heavy atom. The van der Waals surface area contributed by atoms with Crippen LogP contribution in [0.4, 0.5) is 13.2 Å². The van der Waals surface area contributed by atoms with Gasteiger partial charge in [-0.15, -0.1) is 0 Å². The van der Waals surface area contributed by atoms with E-state index in [1.54, 1.807) is 24.4 Å². The first kappa shape index (κ1) is 23.9. The van der Waals surface area contributed by atoms with Gasteiger partial charge in [-0.25, -0.2) is 5.43 Å². The number of carbonyl (C=O) groups is 1. The number of carbonyl (C=O) groups excluding carboxylic acids is 1. The molecule has 13 heteroatoms. The molecule has 7 N–H and O–H groups in total. The fourth-order valence-corrected chi connectivity index (χ4v) is 3.68. The van der Waals surface area contributed by atoms with Crippen molar-refractivity contribution < 1.29 is 32.9 Å². The Morgan fingerprint density at radius 2 is 2.06 bits per heavy atom. The fraction of sp³-hybridized carbons (Fsp3) is 0.381. The van der Waals surface area contributed by atoms with E-state index in [0.717, 1.165) is 6.07 Å². The third-order valence-electron chi connectivity index (χ3n) is 5.35. The predicted octanol–water partition coefficient (Wildman–Crippen LogP) is -0.303. The largest absolute Gasteiger partial charge is 0.416 e. The minimum atomic E-state index is -4.50. The minimum absolute atomic E-state index is 0.0631. The van der Waals surface area contributed by atoms with E-state index in [-0.39, 0.29) is 17.9 Å². The zero-order valence-electron chi connectivity index (χ0n) is 17.8. The number of benzene rings is 1. The van der Waals surface area contributed by atoms with Gasteiger partial charge in [-0.05, 0) is 17.7 Å². The van der Waals surface area contributed by atoms with Gasteiger partial charge in [0.1, 0.15) is 30.0 Å². The number of aliphatic hydroxyl groups excluding tert-OH is 2. The predicted molar refractivity (Wildman–Crippen MR) is 114 cm³/mol. The third-order valence-corrected chi connectivity index (χ3v) is 5.35. The maximum Gasteiger partial charge on any atom is 0.416 e. The molecular weight excluding hydrogens is 457 g/mol. The van der Waals surface area contributed by atoms with Crippen molar-refractivity contribution >= 4 is 5.91 Å². The average molecular weight is 482 g/mol.